The predicted molar refractivity (Wildman–Crippen MR) is 101 cm³/mol. The number of hydrogen-bond acceptors (Lipinski definition) is 6. The molecule has 25 heavy (non-hydrogen) atoms. The molecule has 2 aromatic heterocycles. The Hall–Kier alpha value is -2.38. The highest BCUT2D eigenvalue weighted by molar-refractivity contribution is 7.16. The van der Waals surface area contributed by atoms with Crippen LogP contribution in [-0.4, -0.2) is 18.0 Å². The topological polar surface area (TPSA) is 60.5 Å². The van der Waals surface area contributed by atoms with Crippen molar-refractivity contribution in [1.82, 2.24) is 4.98 Å². The fourth-order valence-electron chi connectivity index (χ4n) is 2.11. The van der Waals surface area contributed by atoms with Crippen molar-refractivity contribution in [3.8, 4) is 11.5 Å². The minimum atomic E-state index is -0.147. The van der Waals surface area contributed by atoms with Gasteiger partial charge in [0.25, 0.3) is 5.91 Å². The van der Waals surface area contributed by atoms with Gasteiger partial charge in [-0.1, -0.05) is 6.07 Å². The second-order valence-corrected chi connectivity index (χ2v) is 7.52. The van der Waals surface area contributed by atoms with Gasteiger partial charge in [-0.25, -0.2) is 4.98 Å². The van der Waals surface area contributed by atoms with Crippen molar-refractivity contribution in [2.75, 3.05) is 12.4 Å². The quantitative estimate of drug-likeness (QED) is 0.682. The van der Waals surface area contributed by atoms with Gasteiger partial charge < -0.3 is 9.47 Å². The number of nitrogens with one attached hydrogen (secondary N) is 1. The van der Waals surface area contributed by atoms with E-state index in [9.17, 15) is 4.79 Å². The maximum Gasteiger partial charge on any atom is 0.267 e. The van der Waals surface area contributed by atoms with Crippen molar-refractivity contribution >= 4 is 33.7 Å². The van der Waals surface area contributed by atoms with Gasteiger partial charge in [0.05, 0.1) is 17.7 Å². The molecule has 0 bridgehead atoms. The van der Waals surface area contributed by atoms with Gasteiger partial charge in [-0.05, 0) is 37.4 Å². The monoisotopic (exact) mass is 374 g/mol. The van der Waals surface area contributed by atoms with Gasteiger partial charge in [-0.3, -0.25) is 10.1 Å². The predicted octanol–water partition coefficient (Wildman–Crippen LogP) is 4.66. The Balaban J connectivity index is 1.60. The third kappa shape index (κ3) is 4.37. The van der Waals surface area contributed by atoms with Crippen LogP contribution in [0.15, 0.2) is 35.7 Å². The van der Waals surface area contributed by atoms with Crippen molar-refractivity contribution in [2.45, 2.75) is 20.5 Å². The number of thiophene rings is 1. The lowest BCUT2D eigenvalue weighted by molar-refractivity contribution is 0.103. The maximum absolute atomic E-state index is 12.3. The lowest BCUT2D eigenvalue weighted by Gasteiger charge is -2.06. The molecule has 0 atom stereocenters. The van der Waals surface area contributed by atoms with Crippen LogP contribution in [0.3, 0.4) is 0 Å². The molecule has 1 N–H and O–H groups in total. The van der Waals surface area contributed by atoms with E-state index in [1.165, 1.54) is 22.7 Å². The molecule has 0 radical (unpaired) electrons. The van der Waals surface area contributed by atoms with Crippen molar-refractivity contribution in [1.29, 1.82) is 0 Å². The molecule has 130 valence electrons. The smallest absolute Gasteiger partial charge is 0.267 e. The number of thiazole rings is 1. The lowest BCUT2D eigenvalue weighted by atomic mass is 10.3. The molecule has 0 saturated carbocycles. The Kier molecular flexibility index (Phi) is 5.35. The van der Waals surface area contributed by atoms with E-state index < -0.39 is 0 Å². The number of rotatable bonds is 6. The summed E-state index contributed by atoms with van der Waals surface area (Å²) in [6.07, 6.45) is 0. The summed E-state index contributed by atoms with van der Waals surface area (Å²) in [5.74, 6) is 1.33. The van der Waals surface area contributed by atoms with Crippen molar-refractivity contribution in [3.63, 3.8) is 0 Å². The Morgan fingerprint density at radius 3 is 2.76 bits per heavy atom. The number of anilines is 1. The summed E-state index contributed by atoms with van der Waals surface area (Å²) in [5, 5.41) is 5.40. The van der Waals surface area contributed by atoms with Gasteiger partial charge in [0, 0.05) is 16.5 Å². The number of aryl methyl sites for hydroxylation is 2. The zero-order chi connectivity index (χ0) is 17.8. The van der Waals surface area contributed by atoms with Crippen LogP contribution in [0.25, 0.3) is 0 Å². The average molecular weight is 374 g/mol. The van der Waals surface area contributed by atoms with E-state index >= 15 is 0 Å². The van der Waals surface area contributed by atoms with E-state index in [0.29, 0.717) is 16.6 Å². The Labute approximate surface area is 154 Å². The van der Waals surface area contributed by atoms with Crippen LogP contribution >= 0.6 is 22.7 Å². The molecule has 0 aliphatic heterocycles. The highest BCUT2D eigenvalue weighted by atomic mass is 32.1. The summed E-state index contributed by atoms with van der Waals surface area (Å²) in [7, 11) is 1.62. The number of amides is 1. The number of carbonyl (C=O) groups excluding carboxylic acids is 1. The maximum atomic E-state index is 12.3. The summed E-state index contributed by atoms with van der Waals surface area (Å²) in [6.45, 7) is 4.31. The number of benzene rings is 1. The van der Waals surface area contributed by atoms with Crippen LogP contribution < -0.4 is 14.8 Å². The molecule has 1 amide bonds. The first-order chi connectivity index (χ1) is 12.0. The van der Waals surface area contributed by atoms with Crippen LogP contribution in [0.5, 0.6) is 11.5 Å². The molecule has 3 rings (SSSR count). The zero-order valence-electron chi connectivity index (χ0n) is 14.2. The number of hydrogen-bond donors (Lipinski definition) is 1. The summed E-state index contributed by atoms with van der Waals surface area (Å²) in [6, 6.07) is 9.27. The molecule has 1 aromatic carbocycles. The molecule has 7 heteroatoms. The summed E-state index contributed by atoms with van der Waals surface area (Å²) in [5.41, 5.74) is 1.89. The van der Waals surface area contributed by atoms with Gasteiger partial charge in [0.1, 0.15) is 18.1 Å². The molecular weight excluding hydrogens is 356 g/mol. The second kappa shape index (κ2) is 7.67. The fraction of sp³-hybridized carbons (Fsp3) is 0.222. The van der Waals surface area contributed by atoms with Crippen molar-refractivity contribution in [2.24, 2.45) is 0 Å². The Bertz CT molecular complexity index is 867. The first-order valence-electron chi connectivity index (χ1n) is 7.65. The van der Waals surface area contributed by atoms with Crippen LogP contribution in [0.2, 0.25) is 0 Å². The first kappa shape index (κ1) is 17.4. The summed E-state index contributed by atoms with van der Waals surface area (Å²) < 4.78 is 10.9. The number of aromatic nitrogens is 1. The minimum Gasteiger partial charge on any atom is -0.497 e. The summed E-state index contributed by atoms with van der Waals surface area (Å²) >= 11 is 2.87. The largest absolute Gasteiger partial charge is 0.497 e. The normalized spacial score (nSPS) is 10.5. The first-order valence-corrected chi connectivity index (χ1v) is 9.34. The number of nitrogens with zero attached hydrogens (tertiary/aromatic N) is 1. The van der Waals surface area contributed by atoms with Gasteiger partial charge in [0.2, 0.25) is 0 Å². The SMILES string of the molecule is COc1cccc(OCc2csc(C(=O)Nc3nc(C)c(C)s3)c2)c1. The molecule has 3 aromatic rings. The Morgan fingerprint density at radius 1 is 1.24 bits per heavy atom. The number of ether oxygens (including phenoxy) is 2. The molecule has 0 fully saturated rings. The highest BCUT2D eigenvalue weighted by Crippen LogP contribution is 2.24. The minimum absolute atomic E-state index is 0.147. The summed E-state index contributed by atoms with van der Waals surface area (Å²) in [4.78, 5) is 18.4. The third-order valence-corrected chi connectivity index (χ3v) is 5.54. The Morgan fingerprint density at radius 2 is 2.04 bits per heavy atom. The van der Waals surface area contributed by atoms with Crippen LogP contribution in [-0.2, 0) is 6.61 Å². The van der Waals surface area contributed by atoms with Crippen molar-refractivity contribution in [3.05, 3.63) is 56.7 Å². The van der Waals surface area contributed by atoms with Crippen LogP contribution in [0.4, 0.5) is 5.13 Å². The van der Waals surface area contributed by atoms with E-state index in [4.69, 9.17) is 9.47 Å². The zero-order valence-corrected chi connectivity index (χ0v) is 15.8. The lowest BCUT2D eigenvalue weighted by Crippen LogP contribution is -2.09. The second-order valence-electron chi connectivity index (χ2n) is 5.40. The van der Waals surface area contributed by atoms with Gasteiger partial charge in [-0.15, -0.1) is 22.7 Å². The van der Waals surface area contributed by atoms with Gasteiger partial charge in [0.15, 0.2) is 5.13 Å². The van der Waals surface area contributed by atoms with Crippen LogP contribution in [0.1, 0.15) is 25.8 Å². The number of methoxy groups -OCH3 is 1. The van der Waals surface area contributed by atoms with E-state index in [2.05, 4.69) is 10.3 Å². The average Bonchev–Trinajstić information content (AvgIpc) is 3.20. The van der Waals surface area contributed by atoms with E-state index in [1.54, 1.807) is 7.11 Å². The van der Waals surface area contributed by atoms with E-state index in [-0.39, 0.29) is 5.91 Å². The van der Waals surface area contributed by atoms with E-state index in [0.717, 1.165) is 27.6 Å². The fourth-order valence-corrected chi connectivity index (χ4v) is 3.71. The molecule has 0 saturated heterocycles. The molecule has 2 heterocycles. The van der Waals surface area contributed by atoms with Gasteiger partial charge in [-0.2, -0.15) is 0 Å². The molecule has 0 spiro atoms. The third-order valence-electron chi connectivity index (χ3n) is 3.57. The molecule has 5 nitrogen and oxygen atoms in total. The standard InChI is InChI=1S/C18H18N2O3S2/c1-11-12(2)25-18(19-11)20-17(21)16-7-13(10-24-16)9-23-15-6-4-5-14(8-15)22-3/h4-8,10H,9H2,1-3H3,(H,19,20,21). The van der Waals surface area contributed by atoms with Gasteiger partial charge >= 0.3 is 0 Å². The molecule has 0 aliphatic carbocycles. The van der Waals surface area contributed by atoms with Crippen molar-refractivity contribution < 1.29 is 14.3 Å². The highest BCUT2D eigenvalue weighted by Gasteiger charge is 2.12. The molecule has 0 unspecified atom stereocenters. The number of carbonyl (C=O) groups is 1. The van der Waals surface area contributed by atoms with Crippen LogP contribution in [0, 0.1) is 13.8 Å². The molecule has 0 aliphatic rings. The molecular formula is C18H18N2O3S2. The van der Waals surface area contributed by atoms with E-state index in [1.807, 2.05) is 49.6 Å².